The van der Waals surface area contributed by atoms with Crippen molar-refractivity contribution in [3.05, 3.63) is 23.8 Å². The zero-order valence-corrected chi connectivity index (χ0v) is 12.5. The average molecular weight is 292 g/mol. The second-order valence-electron chi connectivity index (χ2n) is 5.91. The van der Waals surface area contributed by atoms with E-state index in [0.29, 0.717) is 24.5 Å². The highest BCUT2D eigenvalue weighted by molar-refractivity contribution is 6.00. The summed E-state index contributed by atoms with van der Waals surface area (Å²) in [7, 11) is 0. The highest BCUT2D eigenvalue weighted by atomic mass is 16.5. The molecule has 0 fully saturated rings. The Labute approximate surface area is 123 Å². The van der Waals surface area contributed by atoms with Gasteiger partial charge in [0.25, 0.3) is 5.91 Å². The van der Waals surface area contributed by atoms with Crippen LogP contribution in [0, 0.1) is 0 Å². The van der Waals surface area contributed by atoms with Gasteiger partial charge in [-0.05, 0) is 32.9 Å². The van der Waals surface area contributed by atoms with Crippen LogP contribution in [-0.2, 0) is 4.79 Å². The third-order valence-electron chi connectivity index (χ3n) is 3.26. The molecule has 0 saturated heterocycles. The lowest BCUT2D eigenvalue weighted by atomic mass is 10.0. The first-order valence-corrected chi connectivity index (χ1v) is 6.84. The Morgan fingerprint density at radius 1 is 1.38 bits per heavy atom. The summed E-state index contributed by atoms with van der Waals surface area (Å²) in [6.45, 7) is 6.24. The largest absolute Gasteiger partial charge is 0.489 e. The second kappa shape index (κ2) is 5.63. The van der Waals surface area contributed by atoms with Crippen LogP contribution in [0.3, 0.4) is 0 Å². The molecule has 114 valence electrons. The van der Waals surface area contributed by atoms with Crippen molar-refractivity contribution in [2.75, 3.05) is 25.0 Å². The molecule has 1 amide bonds. The van der Waals surface area contributed by atoms with Crippen molar-refractivity contribution >= 4 is 17.6 Å². The SMILES string of the molecule is CC(C)(C)N(CC(=O)O)C(=O)c1cccc2c1OCCN2. The van der Waals surface area contributed by atoms with Gasteiger partial charge >= 0.3 is 5.97 Å². The van der Waals surface area contributed by atoms with Crippen molar-refractivity contribution in [3.8, 4) is 5.75 Å². The number of nitrogens with zero attached hydrogens (tertiary/aromatic N) is 1. The van der Waals surface area contributed by atoms with Crippen molar-refractivity contribution < 1.29 is 19.4 Å². The van der Waals surface area contributed by atoms with Gasteiger partial charge in [-0.1, -0.05) is 6.07 Å². The first-order chi connectivity index (χ1) is 9.80. The Balaban J connectivity index is 2.39. The average Bonchev–Trinajstić information content (AvgIpc) is 2.42. The Kier molecular flexibility index (Phi) is 4.06. The van der Waals surface area contributed by atoms with Gasteiger partial charge in [-0.15, -0.1) is 0 Å². The first-order valence-electron chi connectivity index (χ1n) is 6.84. The zero-order valence-electron chi connectivity index (χ0n) is 12.5. The minimum absolute atomic E-state index is 0.342. The number of anilines is 1. The number of hydrogen-bond acceptors (Lipinski definition) is 4. The minimum Gasteiger partial charge on any atom is -0.489 e. The summed E-state index contributed by atoms with van der Waals surface area (Å²) in [5.74, 6) is -0.888. The molecule has 0 radical (unpaired) electrons. The number of rotatable bonds is 3. The first kappa shape index (κ1) is 15.2. The molecule has 0 bridgehead atoms. The van der Waals surface area contributed by atoms with Crippen molar-refractivity contribution in [1.29, 1.82) is 0 Å². The van der Waals surface area contributed by atoms with Gasteiger partial charge < -0.3 is 20.1 Å². The van der Waals surface area contributed by atoms with Crippen molar-refractivity contribution in [2.45, 2.75) is 26.3 Å². The smallest absolute Gasteiger partial charge is 0.323 e. The fourth-order valence-corrected chi connectivity index (χ4v) is 2.23. The molecule has 1 aliphatic rings. The van der Waals surface area contributed by atoms with E-state index < -0.39 is 11.5 Å². The van der Waals surface area contributed by atoms with Gasteiger partial charge in [0.2, 0.25) is 0 Å². The quantitative estimate of drug-likeness (QED) is 0.888. The number of carbonyl (C=O) groups excluding carboxylic acids is 1. The monoisotopic (exact) mass is 292 g/mol. The maximum absolute atomic E-state index is 12.8. The molecule has 0 aromatic heterocycles. The third-order valence-corrected chi connectivity index (χ3v) is 3.26. The molecular weight excluding hydrogens is 272 g/mol. The molecule has 6 heteroatoms. The summed E-state index contributed by atoms with van der Waals surface area (Å²) in [5.41, 5.74) is 0.549. The van der Waals surface area contributed by atoms with Crippen LogP contribution in [0.4, 0.5) is 5.69 Å². The number of carbonyl (C=O) groups is 2. The number of benzene rings is 1. The van der Waals surface area contributed by atoms with E-state index in [1.54, 1.807) is 12.1 Å². The molecule has 2 rings (SSSR count). The van der Waals surface area contributed by atoms with Crippen LogP contribution in [0.1, 0.15) is 31.1 Å². The fraction of sp³-hybridized carbons (Fsp3) is 0.467. The van der Waals surface area contributed by atoms with E-state index in [-0.39, 0.29) is 12.5 Å². The van der Waals surface area contributed by atoms with Crippen LogP contribution in [0.2, 0.25) is 0 Å². The van der Waals surface area contributed by atoms with Crippen LogP contribution < -0.4 is 10.1 Å². The Morgan fingerprint density at radius 3 is 2.71 bits per heavy atom. The predicted octanol–water partition coefficient (Wildman–Crippen LogP) is 1.82. The van der Waals surface area contributed by atoms with E-state index in [9.17, 15) is 9.59 Å². The predicted molar refractivity (Wildman–Crippen MR) is 78.9 cm³/mol. The van der Waals surface area contributed by atoms with Gasteiger partial charge in [-0.25, -0.2) is 0 Å². The number of fused-ring (bicyclic) bond motifs is 1. The lowest BCUT2D eigenvalue weighted by Crippen LogP contribution is -2.48. The normalized spacial score (nSPS) is 13.7. The summed E-state index contributed by atoms with van der Waals surface area (Å²) >= 11 is 0. The van der Waals surface area contributed by atoms with E-state index in [0.717, 1.165) is 5.69 Å². The van der Waals surface area contributed by atoms with Crippen LogP contribution in [0.25, 0.3) is 0 Å². The number of carboxylic acid groups (broad SMARTS) is 1. The molecule has 21 heavy (non-hydrogen) atoms. The minimum atomic E-state index is -1.04. The molecule has 0 aliphatic carbocycles. The Morgan fingerprint density at radius 2 is 2.10 bits per heavy atom. The van der Waals surface area contributed by atoms with Gasteiger partial charge in [0.05, 0.1) is 11.3 Å². The molecule has 1 aliphatic heterocycles. The van der Waals surface area contributed by atoms with Crippen molar-refractivity contribution in [2.24, 2.45) is 0 Å². The van der Waals surface area contributed by atoms with Crippen molar-refractivity contribution in [3.63, 3.8) is 0 Å². The maximum Gasteiger partial charge on any atom is 0.323 e. The molecule has 1 heterocycles. The van der Waals surface area contributed by atoms with Crippen LogP contribution in [-0.4, -0.2) is 47.1 Å². The Hall–Kier alpha value is -2.24. The van der Waals surface area contributed by atoms with E-state index in [1.165, 1.54) is 4.90 Å². The second-order valence-corrected chi connectivity index (χ2v) is 5.91. The molecular formula is C15H20N2O4. The fourth-order valence-electron chi connectivity index (χ4n) is 2.23. The molecule has 2 N–H and O–H groups in total. The van der Waals surface area contributed by atoms with Gasteiger partial charge in [0.15, 0.2) is 5.75 Å². The summed E-state index contributed by atoms with van der Waals surface area (Å²) in [6, 6.07) is 5.26. The molecule has 0 saturated carbocycles. The number of amides is 1. The number of para-hydroxylation sites is 1. The topological polar surface area (TPSA) is 78.9 Å². The maximum atomic E-state index is 12.8. The zero-order chi connectivity index (χ0) is 15.6. The molecule has 0 unspecified atom stereocenters. The standard InChI is InChI=1S/C15H20N2O4/c1-15(2,3)17(9-12(18)19)14(20)10-5-4-6-11-13(10)21-8-7-16-11/h4-6,16H,7-9H2,1-3H3,(H,18,19). The summed E-state index contributed by atoms with van der Waals surface area (Å²) in [4.78, 5) is 25.1. The van der Waals surface area contributed by atoms with Gasteiger partial charge in [0, 0.05) is 12.1 Å². The third kappa shape index (κ3) is 3.26. The highest BCUT2D eigenvalue weighted by Crippen LogP contribution is 2.33. The van der Waals surface area contributed by atoms with Crippen LogP contribution in [0.5, 0.6) is 5.75 Å². The van der Waals surface area contributed by atoms with E-state index in [2.05, 4.69) is 5.32 Å². The summed E-state index contributed by atoms with van der Waals surface area (Å²) < 4.78 is 5.59. The van der Waals surface area contributed by atoms with Gasteiger partial charge in [-0.3, -0.25) is 9.59 Å². The van der Waals surface area contributed by atoms with Crippen LogP contribution >= 0.6 is 0 Å². The van der Waals surface area contributed by atoms with Gasteiger partial charge in [-0.2, -0.15) is 0 Å². The highest BCUT2D eigenvalue weighted by Gasteiger charge is 2.31. The number of nitrogens with one attached hydrogen (secondary N) is 1. The molecule has 6 nitrogen and oxygen atoms in total. The number of carboxylic acids is 1. The molecule has 1 aromatic rings. The number of hydrogen-bond donors (Lipinski definition) is 2. The molecule has 0 atom stereocenters. The summed E-state index contributed by atoms with van der Waals surface area (Å²) in [6.07, 6.45) is 0. The Bertz CT molecular complexity index is 563. The van der Waals surface area contributed by atoms with E-state index in [1.807, 2.05) is 26.8 Å². The number of aliphatic carboxylic acids is 1. The molecule has 0 spiro atoms. The van der Waals surface area contributed by atoms with Crippen LogP contribution in [0.15, 0.2) is 18.2 Å². The van der Waals surface area contributed by atoms with E-state index >= 15 is 0 Å². The van der Waals surface area contributed by atoms with Gasteiger partial charge in [0.1, 0.15) is 13.2 Å². The van der Waals surface area contributed by atoms with E-state index in [4.69, 9.17) is 9.84 Å². The summed E-state index contributed by atoms with van der Waals surface area (Å²) in [5, 5.41) is 12.2. The lowest BCUT2D eigenvalue weighted by Gasteiger charge is -2.35. The molecule has 1 aromatic carbocycles. The number of ether oxygens (including phenoxy) is 1. The van der Waals surface area contributed by atoms with Crippen molar-refractivity contribution in [1.82, 2.24) is 4.90 Å². The lowest BCUT2D eigenvalue weighted by molar-refractivity contribution is -0.138.